The van der Waals surface area contributed by atoms with Gasteiger partial charge in [-0.05, 0) is 31.5 Å². The molecule has 126 valence electrons. The molecule has 1 aromatic heterocycles. The minimum atomic E-state index is -0.0774. The zero-order valence-electron chi connectivity index (χ0n) is 13.2. The molecule has 0 spiro atoms. The summed E-state index contributed by atoms with van der Waals surface area (Å²) in [6.45, 7) is 2.11. The molecule has 0 aliphatic carbocycles. The summed E-state index contributed by atoms with van der Waals surface area (Å²) in [4.78, 5) is 24.2. The Labute approximate surface area is 141 Å². The van der Waals surface area contributed by atoms with E-state index in [2.05, 4.69) is 10.6 Å². The van der Waals surface area contributed by atoms with Crippen LogP contribution in [-0.2, 0) is 18.4 Å². The van der Waals surface area contributed by atoms with E-state index in [1.54, 1.807) is 16.2 Å². The van der Waals surface area contributed by atoms with Crippen LogP contribution in [0, 0.1) is 0 Å². The topological polar surface area (TPSA) is 68.1 Å². The van der Waals surface area contributed by atoms with Gasteiger partial charge in [0.15, 0.2) is 0 Å². The first kappa shape index (κ1) is 17.6. The zero-order valence-corrected chi connectivity index (χ0v) is 14.1. The van der Waals surface area contributed by atoms with E-state index in [0.29, 0.717) is 25.6 Å². The number of benzene rings is 1. The molecule has 1 saturated heterocycles. The molecule has 0 radical (unpaired) electrons. The second-order valence-corrected chi connectivity index (χ2v) is 5.83. The minimum Gasteiger partial charge on any atom is -0.354 e. The quantitative estimate of drug-likeness (QED) is 0.855. The summed E-state index contributed by atoms with van der Waals surface area (Å²) in [5.74, 6) is -0.00599. The average molecular weight is 339 g/mol. The molecule has 1 amide bonds. The molecule has 2 aromatic rings. The lowest BCUT2D eigenvalue weighted by atomic mass is 10.2. The van der Waals surface area contributed by atoms with Crippen molar-refractivity contribution in [3.63, 3.8) is 0 Å². The fraction of sp³-hybridized carbons (Fsp3) is 0.500. The minimum absolute atomic E-state index is 0. The Bertz CT molecular complexity index is 731. The van der Waals surface area contributed by atoms with Gasteiger partial charge < -0.3 is 10.6 Å². The van der Waals surface area contributed by atoms with Crippen molar-refractivity contribution in [3.8, 4) is 0 Å². The lowest BCUT2D eigenvalue weighted by Crippen LogP contribution is -2.37. The van der Waals surface area contributed by atoms with Gasteiger partial charge in [-0.1, -0.05) is 12.1 Å². The number of para-hydroxylation sites is 2. The van der Waals surface area contributed by atoms with Gasteiger partial charge in [-0.25, -0.2) is 4.79 Å². The first-order valence-corrected chi connectivity index (χ1v) is 7.81. The Hall–Kier alpha value is -1.79. The summed E-state index contributed by atoms with van der Waals surface area (Å²) < 4.78 is 3.29. The molecular weight excluding hydrogens is 316 g/mol. The number of carbonyl (C=O) groups is 1. The second kappa shape index (κ2) is 7.66. The van der Waals surface area contributed by atoms with E-state index in [1.807, 2.05) is 24.3 Å². The molecule has 6 nitrogen and oxygen atoms in total. The molecule has 1 aliphatic heterocycles. The number of rotatable bonds is 5. The molecule has 2 heterocycles. The Morgan fingerprint density at radius 2 is 2.09 bits per heavy atom. The smallest absolute Gasteiger partial charge is 0.328 e. The lowest BCUT2D eigenvalue weighted by molar-refractivity contribution is -0.121. The molecule has 0 saturated carbocycles. The number of imidazole rings is 1. The normalized spacial score (nSPS) is 17.2. The van der Waals surface area contributed by atoms with Crippen molar-refractivity contribution in [2.75, 3.05) is 13.1 Å². The van der Waals surface area contributed by atoms with Gasteiger partial charge in [-0.2, -0.15) is 0 Å². The molecule has 1 atom stereocenters. The van der Waals surface area contributed by atoms with Crippen molar-refractivity contribution < 1.29 is 4.79 Å². The zero-order chi connectivity index (χ0) is 15.5. The highest BCUT2D eigenvalue weighted by Crippen LogP contribution is 2.11. The Balaban J connectivity index is 0.00000192. The summed E-state index contributed by atoms with van der Waals surface area (Å²) in [5, 5.41) is 6.29. The first-order valence-electron chi connectivity index (χ1n) is 7.81. The van der Waals surface area contributed by atoms with Gasteiger partial charge in [0, 0.05) is 32.6 Å². The number of nitrogens with zero attached hydrogens (tertiary/aromatic N) is 2. The predicted octanol–water partition coefficient (Wildman–Crippen LogP) is 1.02. The highest BCUT2D eigenvalue weighted by molar-refractivity contribution is 5.85. The number of nitrogens with one attached hydrogen (secondary N) is 2. The van der Waals surface area contributed by atoms with Gasteiger partial charge >= 0.3 is 5.69 Å². The molecule has 1 aromatic carbocycles. The standard InChI is InChI=1S/C16H22N4O2.ClH/c1-19-13-6-2-3-7-14(13)20(16(19)22)10-8-15(21)18-11-12-5-4-9-17-12;/h2-3,6-7,12,17H,4-5,8-11H2,1H3,(H,18,21);1H. The Kier molecular flexibility index (Phi) is 5.85. The molecule has 2 N–H and O–H groups in total. The maximum absolute atomic E-state index is 12.3. The van der Waals surface area contributed by atoms with E-state index in [-0.39, 0.29) is 24.0 Å². The van der Waals surface area contributed by atoms with E-state index in [1.165, 1.54) is 6.42 Å². The Morgan fingerprint density at radius 3 is 2.78 bits per heavy atom. The monoisotopic (exact) mass is 338 g/mol. The first-order chi connectivity index (χ1) is 10.7. The van der Waals surface area contributed by atoms with Crippen molar-refractivity contribution in [1.29, 1.82) is 0 Å². The van der Waals surface area contributed by atoms with E-state index >= 15 is 0 Å². The number of halogens is 1. The van der Waals surface area contributed by atoms with Crippen LogP contribution in [0.5, 0.6) is 0 Å². The number of aromatic nitrogens is 2. The number of hydrogen-bond donors (Lipinski definition) is 2. The van der Waals surface area contributed by atoms with Gasteiger partial charge in [0.05, 0.1) is 11.0 Å². The molecule has 1 unspecified atom stereocenters. The van der Waals surface area contributed by atoms with Crippen molar-refractivity contribution in [2.24, 2.45) is 7.05 Å². The van der Waals surface area contributed by atoms with Crippen molar-refractivity contribution in [1.82, 2.24) is 19.8 Å². The second-order valence-electron chi connectivity index (χ2n) is 5.83. The largest absolute Gasteiger partial charge is 0.354 e. The van der Waals surface area contributed by atoms with Crippen molar-refractivity contribution >= 4 is 29.3 Å². The average Bonchev–Trinajstić information content (AvgIpc) is 3.13. The number of amides is 1. The van der Waals surface area contributed by atoms with Crippen LogP contribution in [-0.4, -0.2) is 34.2 Å². The van der Waals surface area contributed by atoms with Crippen LogP contribution in [0.25, 0.3) is 11.0 Å². The molecule has 1 aliphatic rings. The molecule has 7 heteroatoms. The highest BCUT2D eigenvalue weighted by atomic mass is 35.5. The third-order valence-electron chi connectivity index (χ3n) is 4.32. The van der Waals surface area contributed by atoms with Gasteiger partial charge in [0.1, 0.15) is 0 Å². The maximum Gasteiger partial charge on any atom is 0.328 e. The van der Waals surface area contributed by atoms with Crippen LogP contribution in [0.15, 0.2) is 29.1 Å². The summed E-state index contributed by atoms with van der Waals surface area (Å²) >= 11 is 0. The van der Waals surface area contributed by atoms with Crippen LogP contribution in [0.3, 0.4) is 0 Å². The summed E-state index contributed by atoms with van der Waals surface area (Å²) in [6, 6.07) is 8.04. The molecular formula is C16H23ClN4O2. The molecule has 1 fully saturated rings. The summed E-state index contributed by atoms with van der Waals surface area (Å²) in [6.07, 6.45) is 2.61. The van der Waals surface area contributed by atoms with Crippen LogP contribution < -0.4 is 16.3 Å². The number of fused-ring (bicyclic) bond motifs is 1. The third kappa shape index (κ3) is 3.76. The fourth-order valence-corrected chi connectivity index (χ4v) is 3.05. The summed E-state index contributed by atoms with van der Waals surface area (Å²) in [7, 11) is 1.76. The van der Waals surface area contributed by atoms with E-state index < -0.39 is 0 Å². The highest BCUT2D eigenvalue weighted by Gasteiger charge is 2.15. The maximum atomic E-state index is 12.3. The van der Waals surface area contributed by atoms with Gasteiger partial charge in [0.2, 0.25) is 5.91 Å². The van der Waals surface area contributed by atoms with Crippen LogP contribution in [0.2, 0.25) is 0 Å². The number of aryl methyl sites for hydroxylation is 2. The van der Waals surface area contributed by atoms with Crippen LogP contribution in [0.1, 0.15) is 19.3 Å². The van der Waals surface area contributed by atoms with Gasteiger partial charge in [-0.3, -0.25) is 13.9 Å². The predicted molar refractivity (Wildman–Crippen MR) is 93.1 cm³/mol. The van der Waals surface area contributed by atoms with Gasteiger partial charge in [0.25, 0.3) is 0 Å². The van der Waals surface area contributed by atoms with Crippen molar-refractivity contribution in [3.05, 3.63) is 34.7 Å². The van der Waals surface area contributed by atoms with E-state index in [0.717, 1.165) is 24.0 Å². The lowest BCUT2D eigenvalue weighted by Gasteiger charge is -2.11. The Morgan fingerprint density at radius 1 is 1.35 bits per heavy atom. The van der Waals surface area contributed by atoms with Crippen LogP contribution >= 0.6 is 12.4 Å². The molecule has 3 rings (SSSR count). The van der Waals surface area contributed by atoms with Crippen LogP contribution in [0.4, 0.5) is 0 Å². The third-order valence-corrected chi connectivity index (χ3v) is 4.32. The van der Waals surface area contributed by atoms with Gasteiger partial charge in [-0.15, -0.1) is 12.4 Å². The fourth-order valence-electron chi connectivity index (χ4n) is 3.05. The van der Waals surface area contributed by atoms with E-state index in [9.17, 15) is 9.59 Å². The number of carbonyl (C=O) groups excluding carboxylic acids is 1. The molecule has 23 heavy (non-hydrogen) atoms. The SMILES string of the molecule is Cl.Cn1c(=O)n(CCC(=O)NCC2CCCN2)c2ccccc21. The van der Waals surface area contributed by atoms with Crippen molar-refractivity contribution in [2.45, 2.75) is 31.8 Å². The number of hydrogen-bond acceptors (Lipinski definition) is 3. The van der Waals surface area contributed by atoms with E-state index in [4.69, 9.17) is 0 Å². The molecule has 0 bridgehead atoms. The summed E-state index contributed by atoms with van der Waals surface area (Å²) in [5.41, 5.74) is 1.69.